The van der Waals surface area contributed by atoms with Gasteiger partial charge in [0.05, 0.1) is 0 Å². The van der Waals surface area contributed by atoms with Crippen molar-refractivity contribution in [1.29, 1.82) is 5.26 Å². The highest BCUT2D eigenvalue weighted by Crippen LogP contribution is 2.18. The molecule has 0 spiro atoms. The Morgan fingerprint density at radius 2 is 1.88 bits per heavy atom. The molecule has 0 aromatic heterocycles. The van der Waals surface area contributed by atoms with Crippen molar-refractivity contribution >= 4 is 10.8 Å². The largest absolute Gasteiger partial charge is 0.313 e. The summed E-state index contributed by atoms with van der Waals surface area (Å²) in [5, 5.41) is 11.3. The van der Waals surface area contributed by atoms with Crippen molar-refractivity contribution in [3.8, 4) is 6.19 Å². The number of likely N-dealkylation sites (N-methyl/N-ethyl adjacent to an activating group) is 1. The third-order valence-electron chi connectivity index (χ3n) is 2.77. The van der Waals surface area contributed by atoms with Crippen molar-refractivity contribution < 1.29 is 0 Å². The molecule has 0 atom stereocenters. The molecule has 0 radical (unpaired) electrons. The van der Waals surface area contributed by atoms with Gasteiger partial charge >= 0.3 is 0 Å². The van der Waals surface area contributed by atoms with Gasteiger partial charge in [0.2, 0.25) is 0 Å². The fraction of sp³-hybridized carbons (Fsp3) is 0.214. The van der Waals surface area contributed by atoms with Crippen molar-refractivity contribution in [2.45, 2.75) is 6.42 Å². The molecule has 2 rings (SSSR count). The van der Waals surface area contributed by atoms with Crippen LogP contribution in [-0.4, -0.2) is 18.5 Å². The Kier molecular flexibility index (Phi) is 3.07. The molecule has 0 saturated heterocycles. The van der Waals surface area contributed by atoms with Crippen LogP contribution in [0.5, 0.6) is 0 Å². The van der Waals surface area contributed by atoms with E-state index >= 15 is 0 Å². The minimum Gasteiger partial charge on any atom is -0.313 e. The molecule has 2 aromatic carbocycles. The topological polar surface area (TPSA) is 27.0 Å². The van der Waals surface area contributed by atoms with Gasteiger partial charge in [-0.1, -0.05) is 42.5 Å². The van der Waals surface area contributed by atoms with E-state index in [4.69, 9.17) is 5.26 Å². The standard InChI is InChI=1S/C14H14N2/c1-16(11-15)10-9-13-7-4-6-12-5-2-3-8-14(12)13/h2-8H,9-10H2,1H3. The van der Waals surface area contributed by atoms with Gasteiger partial charge in [-0.25, -0.2) is 0 Å². The molecule has 2 aromatic rings. The highest BCUT2D eigenvalue weighted by atomic mass is 15.1. The van der Waals surface area contributed by atoms with Gasteiger partial charge in [-0.05, 0) is 22.8 Å². The normalized spacial score (nSPS) is 10.0. The van der Waals surface area contributed by atoms with Crippen molar-refractivity contribution in [3.05, 3.63) is 48.0 Å². The summed E-state index contributed by atoms with van der Waals surface area (Å²) in [5.41, 5.74) is 1.31. The zero-order valence-electron chi connectivity index (χ0n) is 9.35. The molecular weight excluding hydrogens is 196 g/mol. The predicted molar refractivity (Wildman–Crippen MR) is 65.9 cm³/mol. The van der Waals surface area contributed by atoms with Gasteiger partial charge < -0.3 is 4.90 Å². The fourth-order valence-corrected chi connectivity index (χ4v) is 1.85. The zero-order chi connectivity index (χ0) is 11.4. The maximum atomic E-state index is 8.70. The van der Waals surface area contributed by atoms with Crippen molar-refractivity contribution in [1.82, 2.24) is 4.90 Å². The first-order valence-electron chi connectivity index (χ1n) is 5.39. The molecule has 0 aliphatic rings. The average Bonchev–Trinajstić information content (AvgIpc) is 2.35. The molecule has 0 bridgehead atoms. The Labute approximate surface area is 95.7 Å². The molecule has 0 heterocycles. The molecule has 80 valence electrons. The summed E-state index contributed by atoms with van der Waals surface area (Å²) in [4.78, 5) is 1.65. The lowest BCUT2D eigenvalue weighted by molar-refractivity contribution is 0.479. The maximum Gasteiger partial charge on any atom is 0.179 e. The van der Waals surface area contributed by atoms with Crippen LogP contribution < -0.4 is 0 Å². The van der Waals surface area contributed by atoms with Gasteiger partial charge in [-0.15, -0.1) is 0 Å². The van der Waals surface area contributed by atoms with Crippen LogP contribution in [0.2, 0.25) is 0 Å². The molecule has 2 nitrogen and oxygen atoms in total. The SMILES string of the molecule is CN(C#N)CCc1cccc2ccccc12. The summed E-state index contributed by atoms with van der Waals surface area (Å²) in [7, 11) is 1.81. The summed E-state index contributed by atoms with van der Waals surface area (Å²) in [6, 6.07) is 14.7. The zero-order valence-corrected chi connectivity index (χ0v) is 9.35. The highest BCUT2D eigenvalue weighted by Gasteiger charge is 2.01. The third kappa shape index (κ3) is 2.14. The summed E-state index contributed by atoms with van der Waals surface area (Å²) in [5.74, 6) is 0. The first kappa shape index (κ1) is 10.5. The van der Waals surface area contributed by atoms with E-state index in [1.165, 1.54) is 16.3 Å². The number of benzene rings is 2. The molecule has 0 N–H and O–H groups in total. The second-order valence-electron chi connectivity index (χ2n) is 3.91. The second-order valence-corrected chi connectivity index (χ2v) is 3.91. The van der Waals surface area contributed by atoms with Crippen LogP contribution in [-0.2, 0) is 6.42 Å². The van der Waals surface area contributed by atoms with E-state index in [0.29, 0.717) is 0 Å². The molecule has 0 amide bonds. The molecular formula is C14H14N2. The molecule has 2 heteroatoms. The molecule has 0 fully saturated rings. The third-order valence-corrected chi connectivity index (χ3v) is 2.77. The molecule has 0 aliphatic carbocycles. The fourth-order valence-electron chi connectivity index (χ4n) is 1.85. The Morgan fingerprint density at radius 3 is 2.69 bits per heavy atom. The molecule has 16 heavy (non-hydrogen) atoms. The van der Waals surface area contributed by atoms with Crippen LogP contribution in [0.1, 0.15) is 5.56 Å². The van der Waals surface area contributed by atoms with Crippen LogP contribution >= 0.6 is 0 Å². The summed E-state index contributed by atoms with van der Waals surface area (Å²) in [6.45, 7) is 0.768. The number of nitriles is 1. The summed E-state index contributed by atoms with van der Waals surface area (Å²) in [6.07, 6.45) is 3.02. The minimum absolute atomic E-state index is 0.768. The lowest BCUT2D eigenvalue weighted by Crippen LogP contribution is -2.14. The minimum atomic E-state index is 0.768. The molecule has 0 saturated carbocycles. The van der Waals surface area contributed by atoms with Crippen molar-refractivity contribution in [3.63, 3.8) is 0 Å². The van der Waals surface area contributed by atoms with E-state index in [9.17, 15) is 0 Å². The predicted octanol–water partition coefficient (Wildman–Crippen LogP) is 2.80. The smallest absolute Gasteiger partial charge is 0.179 e. The van der Waals surface area contributed by atoms with Gasteiger partial charge in [0, 0.05) is 13.6 Å². The first-order valence-corrected chi connectivity index (χ1v) is 5.39. The van der Waals surface area contributed by atoms with E-state index in [0.717, 1.165) is 13.0 Å². The van der Waals surface area contributed by atoms with Gasteiger partial charge in [0.1, 0.15) is 0 Å². The number of rotatable bonds is 3. The Balaban J connectivity index is 2.28. The van der Waals surface area contributed by atoms with Crippen LogP contribution in [0.3, 0.4) is 0 Å². The van der Waals surface area contributed by atoms with Gasteiger partial charge in [0.15, 0.2) is 6.19 Å². The summed E-state index contributed by atoms with van der Waals surface area (Å²) >= 11 is 0. The van der Waals surface area contributed by atoms with E-state index in [-0.39, 0.29) is 0 Å². The Hall–Kier alpha value is -2.01. The molecule has 0 aliphatic heterocycles. The van der Waals surface area contributed by atoms with Crippen LogP contribution in [0.25, 0.3) is 10.8 Å². The Bertz CT molecular complexity index is 520. The van der Waals surface area contributed by atoms with Gasteiger partial charge in [0.25, 0.3) is 0 Å². The van der Waals surface area contributed by atoms with Crippen molar-refractivity contribution in [2.24, 2.45) is 0 Å². The van der Waals surface area contributed by atoms with E-state index in [1.54, 1.807) is 4.90 Å². The first-order chi connectivity index (χ1) is 7.81. The lowest BCUT2D eigenvalue weighted by atomic mass is 10.0. The monoisotopic (exact) mass is 210 g/mol. The lowest BCUT2D eigenvalue weighted by Gasteiger charge is -2.10. The van der Waals surface area contributed by atoms with E-state index < -0.39 is 0 Å². The number of hydrogen-bond acceptors (Lipinski definition) is 2. The number of nitrogens with zero attached hydrogens (tertiary/aromatic N) is 2. The number of hydrogen-bond donors (Lipinski definition) is 0. The van der Waals surface area contributed by atoms with Crippen LogP contribution in [0.4, 0.5) is 0 Å². The maximum absolute atomic E-state index is 8.70. The second kappa shape index (κ2) is 4.67. The van der Waals surface area contributed by atoms with Crippen LogP contribution in [0, 0.1) is 11.5 Å². The van der Waals surface area contributed by atoms with Crippen LogP contribution in [0.15, 0.2) is 42.5 Å². The van der Waals surface area contributed by atoms with E-state index in [1.807, 2.05) is 13.1 Å². The average molecular weight is 210 g/mol. The summed E-state index contributed by atoms with van der Waals surface area (Å²) < 4.78 is 0. The van der Waals surface area contributed by atoms with Gasteiger partial charge in [-0.3, -0.25) is 0 Å². The van der Waals surface area contributed by atoms with E-state index in [2.05, 4.69) is 42.6 Å². The van der Waals surface area contributed by atoms with Crippen molar-refractivity contribution in [2.75, 3.05) is 13.6 Å². The van der Waals surface area contributed by atoms with Gasteiger partial charge in [-0.2, -0.15) is 5.26 Å². The number of fused-ring (bicyclic) bond motifs is 1. The Morgan fingerprint density at radius 1 is 1.12 bits per heavy atom. The highest BCUT2D eigenvalue weighted by molar-refractivity contribution is 5.85. The molecule has 0 unspecified atom stereocenters. The quantitative estimate of drug-likeness (QED) is 0.575.